The summed E-state index contributed by atoms with van der Waals surface area (Å²) < 4.78 is 19.3. The lowest BCUT2D eigenvalue weighted by Gasteiger charge is -2.32. The predicted octanol–water partition coefficient (Wildman–Crippen LogP) is 1.28. The van der Waals surface area contributed by atoms with E-state index in [-0.39, 0.29) is 0 Å². The van der Waals surface area contributed by atoms with E-state index < -0.39 is 18.3 Å². The zero-order valence-electron chi connectivity index (χ0n) is 13.3. The Morgan fingerprint density at radius 2 is 1.81 bits per heavy atom. The molecule has 1 fully saturated rings. The van der Waals surface area contributed by atoms with Crippen LogP contribution in [-0.4, -0.2) is 40.2 Å². The predicted molar refractivity (Wildman–Crippen MR) is 80.8 cm³/mol. The maximum Gasteiger partial charge on any atom is 0.500 e. The first kappa shape index (κ1) is 14.3. The van der Waals surface area contributed by atoms with Gasteiger partial charge in [-0.1, -0.05) is 0 Å². The van der Waals surface area contributed by atoms with Crippen LogP contribution in [-0.2, 0) is 16.4 Å². The average Bonchev–Trinajstić information content (AvgIpc) is 2.86. The van der Waals surface area contributed by atoms with Crippen LogP contribution in [0, 0.1) is 0 Å². The molecule has 0 N–H and O–H groups in total. The number of pyridine rings is 1. The van der Waals surface area contributed by atoms with Crippen molar-refractivity contribution < 1.29 is 14.0 Å². The quantitative estimate of drug-likeness (QED) is 0.779. The van der Waals surface area contributed by atoms with E-state index in [0.29, 0.717) is 5.88 Å². The van der Waals surface area contributed by atoms with Crippen LogP contribution in [0.5, 0.6) is 5.88 Å². The second-order valence-corrected chi connectivity index (χ2v) is 6.36. The largest absolute Gasteiger partial charge is 0.500 e. The molecule has 2 aromatic heterocycles. The number of rotatable bonds is 2. The van der Waals surface area contributed by atoms with Crippen LogP contribution >= 0.6 is 0 Å². The zero-order valence-corrected chi connectivity index (χ0v) is 13.3. The minimum atomic E-state index is -0.498. The molecule has 0 aromatic carbocycles. The Morgan fingerprint density at radius 3 is 2.38 bits per heavy atom. The van der Waals surface area contributed by atoms with Crippen molar-refractivity contribution in [2.24, 2.45) is 7.05 Å². The number of hydrogen-bond acceptors (Lipinski definition) is 5. The molecule has 0 saturated carbocycles. The molecule has 1 aliphatic rings. The molecule has 1 saturated heterocycles. The first-order chi connectivity index (χ1) is 9.75. The molecule has 0 unspecified atom stereocenters. The summed E-state index contributed by atoms with van der Waals surface area (Å²) in [7, 11) is 2.95. The van der Waals surface area contributed by atoms with Gasteiger partial charge in [0.25, 0.3) is 0 Å². The molecule has 2 aromatic rings. The fourth-order valence-electron chi connectivity index (χ4n) is 2.38. The first-order valence-corrected chi connectivity index (χ1v) is 6.97. The van der Waals surface area contributed by atoms with Crippen LogP contribution in [0.4, 0.5) is 0 Å². The molecular weight excluding hydrogens is 269 g/mol. The Bertz CT molecular complexity index is 680. The summed E-state index contributed by atoms with van der Waals surface area (Å²) in [5.74, 6) is 0.504. The number of fused-ring (bicyclic) bond motifs is 1. The van der Waals surface area contributed by atoms with Gasteiger partial charge in [0.2, 0.25) is 5.88 Å². The number of nitrogens with zero attached hydrogens (tertiary/aromatic N) is 3. The summed E-state index contributed by atoms with van der Waals surface area (Å²) in [6, 6.07) is 1.97. The van der Waals surface area contributed by atoms with Crippen molar-refractivity contribution in [3.8, 4) is 5.88 Å². The highest BCUT2D eigenvalue weighted by atomic mass is 16.7. The molecule has 0 spiro atoms. The van der Waals surface area contributed by atoms with Gasteiger partial charge in [0, 0.05) is 17.9 Å². The molecule has 6 nitrogen and oxygen atoms in total. The Labute approximate surface area is 124 Å². The lowest BCUT2D eigenvalue weighted by molar-refractivity contribution is 0.00578. The summed E-state index contributed by atoms with van der Waals surface area (Å²) in [6.45, 7) is 8.09. The minimum absolute atomic E-state index is 0.396. The van der Waals surface area contributed by atoms with Crippen LogP contribution in [0.2, 0.25) is 0 Å². The van der Waals surface area contributed by atoms with Gasteiger partial charge < -0.3 is 14.0 Å². The highest BCUT2D eigenvalue weighted by Crippen LogP contribution is 2.37. The first-order valence-electron chi connectivity index (χ1n) is 6.97. The summed E-state index contributed by atoms with van der Waals surface area (Å²) in [5.41, 5.74) is 0.767. The summed E-state index contributed by atoms with van der Waals surface area (Å²) in [6.07, 6.45) is 1.77. The average molecular weight is 289 g/mol. The summed E-state index contributed by atoms with van der Waals surface area (Å²) in [4.78, 5) is 4.51. The fraction of sp³-hybridized carbons (Fsp3) is 0.571. The number of aromatic nitrogens is 3. The molecule has 21 heavy (non-hydrogen) atoms. The van der Waals surface area contributed by atoms with Crippen LogP contribution in [0.15, 0.2) is 12.3 Å². The molecule has 3 rings (SSSR count). The maximum absolute atomic E-state index is 6.08. The topological polar surface area (TPSA) is 58.4 Å². The monoisotopic (exact) mass is 289 g/mol. The molecular formula is C14H20BN3O3. The number of aryl methyl sites for hydroxylation is 1. The van der Waals surface area contributed by atoms with Gasteiger partial charge in [-0.05, 0) is 33.8 Å². The SMILES string of the molecule is COc1nc2c(cnn2C)cc1B1OC(C)(C)C(C)(C)O1. The number of hydrogen-bond donors (Lipinski definition) is 0. The fourth-order valence-corrected chi connectivity index (χ4v) is 2.38. The Morgan fingerprint density at radius 1 is 1.19 bits per heavy atom. The molecule has 0 aliphatic carbocycles. The minimum Gasteiger partial charge on any atom is -0.481 e. The van der Waals surface area contributed by atoms with E-state index in [0.717, 1.165) is 16.5 Å². The molecule has 1 aliphatic heterocycles. The van der Waals surface area contributed by atoms with Crippen molar-refractivity contribution in [3.63, 3.8) is 0 Å². The second kappa shape index (κ2) is 4.45. The van der Waals surface area contributed by atoms with Gasteiger partial charge in [0.1, 0.15) is 0 Å². The molecule has 0 radical (unpaired) electrons. The number of methoxy groups -OCH3 is 1. The van der Waals surface area contributed by atoms with Crippen LogP contribution in [0.3, 0.4) is 0 Å². The van der Waals surface area contributed by atoms with Gasteiger partial charge in [0.05, 0.1) is 24.5 Å². The Hall–Kier alpha value is -1.60. The van der Waals surface area contributed by atoms with Crippen LogP contribution < -0.4 is 10.2 Å². The zero-order chi connectivity index (χ0) is 15.4. The van der Waals surface area contributed by atoms with Gasteiger partial charge in [-0.15, -0.1) is 0 Å². The van der Waals surface area contributed by atoms with Crippen LogP contribution in [0.1, 0.15) is 27.7 Å². The van der Waals surface area contributed by atoms with E-state index in [9.17, 15) is 0 Å². The third-order valence-corrected chi connectivity index (χ3v) is 4.40. The normalized spacial score (nSPS) is 20.2. The van der Waals surface area contributed by atoms with E-state index in [1.807, 2.05) is 40.8 Å². The van der Waals surface area contributed by atoms with Gasteiger partial charge in [-0.3, -0.25) is 4.68 Å². The summed E-state index contributed by atoms with van der Waals surface area (Å²) >= 11 is 0. The molecule has 7 heteroatoms. The molecule has 0 bridgehead atoms. The maximum atomic E-state index is 6.08. The van der Waals surface area contributed by atoms with Gasteiger partial charge >= 0.3 is 7.12 Å². The van der Waals surface area contributed by atoms with E-state index in [4.69, 9.17) is 14.0 Å². The highest BCUT2D eigenvalue weighted by molar-refractivity contribution is 6.63. The van der Waals surface area contributed by atoms with Crippen molar-refractivity contribution in [1.29, 1.82) is 0 Å². The smallest absolute Gasteiger partial charge is 0.481 e. The van der Waals surface area contributed by atoms with Crippen molar-refractivity contribution >= 4 is 23.6 Å². The standard InChI is InChI=1S/C14H20BN3O3/c1-13(2)14(3,4)21-15(20-13)10-7-9-8-16-18(5)11(9)17-12(10)19-6/h7-8H,1-6H3. The molecule has 3 heterocycles. The lowest BCUT2D eigenvalue weighted by atomic mass is 9.79. The molecule has 0 atom stereocenters. The van der Waals surface area contributed by atoms with Crippen molar-refractivity contribution in [2.45, 2.75) is 38.9 Å². The van der Waals surface area contributed by atoms with E-state index in [2.05, 4.69) is 10.1 Å². The Kier molecular flexibility index (Phi) is 3.04. The number of ether oxygens (including phenoxy) is 1. The second-order valence-electron chi connectivity index (χ2n) is 6.36. The highest BCUT2D eigenvalue weighted by Gasteiger charge is 2.52. The Balaban J connectivity index is 2.08. The van der Waals surface area contributed by atoms with E-state index in [1.54, 1.807) is 18.0 Å². The van der Waals surface area contributed by atoms with Crippen molar-refractivity contribution in [1.82, 2.24) is 14.8 Å². The van der Waals surface area contributed by atoms with Gasteiger partial charge in [-0.25, -0.2) is 0 Å². The van der Waals surface area contributed by atoms with Crippen LogP contribution in [0.25, 0.3) is 11.0 Å². The lowest BCUT2D eigenvalue weighted by Crippen LogP contribution is -2.41. The van der Waals surface area contributed by atoms with E-state index in [1.165, 1.54) is 0 Å². The molecule has 0 amide bonds. The molecule has 112 valence electrons. The third kappa shape index (κ3) is 2.11. The van der Waals surface area contributed by atoms with Crippen molar-refractivity contribution in [3.05, 3.63) is 12.3 Å². The van der Waals surface area contributed by atoms with Crippen molar-refractivity contribution in [2.75, 3.05) is 7.11 Å². The van der Waals surface area contributed by atoms with Gasteiger partial charge in [0.15, 0.2) is 5.65 Å². The van der Waals surface area contributed by atoms with E-state index >= 15 is 0 Å². The third-order valence-electron chi connectivity index (χ3n) is 4.40. The summed E-state index contributed by atoms with van der Waals surface area (Å²) in [5, 5.41) is 5.15. The van der Waals surface area contributed by atoms with Gasteiger partial charge in [-0.2, -0.15) is 10.1 Å².